The van der Waals surface area contributed by atoms with Crippen LogP contribution in [0.15, 0.2) is 12.1 Å². The Bertz CT molecular complexity index is 311. The summed E-state index contributed by atoms with van der Waals surface area (Å²) in [5, 5.41) is 26.7. The Balaban J connectivity index is 3.31. The van der Waals surface area contributed by atoms with E-state index in [4.69, 9.17) is 15.3 Å². The number of carboxylic acids is 1. The number of hydrogen-bond acceptors (Lipinski definition) is 3. The molecule has 0 fully saturated rings. The molecule has 0 spiro atoms. The van der Waals surface area contributed by atoms with Gasteiger partial charge in [-0.3, -0.25) is 0 Å². The van der Waals surface area contributed by atoms with Gasteiger partial charge < -0.3 is 15.3 Å². The summed E-state index contributed by atoms with van der Waals surface area (Å²) in [6, 6.07) is 2.17. The molecule has 64 valence electrons. The molecule has 3 N–H and O–H groups in total. The van der Waals surface area contributed by atoms with Crippen LogP contribution in [0, 0.1) is 3.57 Å². The van der Waals surface area contributed by atoms with Crippen molar-refractivity contribution >= 4 is 28.6 Å². The van der Waals surface area contributed by atoms with Crippen molar-refractivity contribution in [3.8, 4) is 11.5 Å². The maximum Gasteiger partial charge on any atom is 0.335 e. The second-order valence-corrected chi connectivity index (χ2v) is 3.21. The summed E-state index contributed by atoms with van der Waals surface area (Å²) in [6.45, 7) is 0. The number of aromatic carboxylic acids is 1. The summed E-state index contributed by atoms with van der Waals surface area (Å²) in [5.41, 5.74) is -0.134. The Morgan fingerprint density at radius 3 is 2.00 bits per heavy atom. The predicted octanol–water partition coefficient (Wildman–Crippen LogP) is 1.40. The minimum absolute atomic E-state index is 0.134. The van der Waals surface area contributed by atoms with Gasteiger partial charge in [-0.05, 0) is 34.7 Å². The van der Waals surface area contributed by atoms with Gasteiger partial charge in [-0.25, -0.2) is 4.79 Å². The van der Waals surface area contributed by atoms with Gasteiger partial charge in [-0.1, -0.05) is 0 Å². The molecule has 0 unspecified atom stereocenters. The van der Waals surface area contributed by atoms with Crippen LogP contribution in [-0.4, -0.2) is 21.3 Å². The van der Waals surface area contributed by atoms with Gasteiger partial charge in [0.1, 0.15) is 11.5 Å². The first kappa shape index (κ1) is 9.11. The molecule has 4 nitrogen and oxygen atoms in total. The summed E-state index contributed by atoms with van der Waals surface area (Å²) < 4.78 is 0.248. The number of carbonyl (C=O) groups is 1. The van der Waals surface area contributed by atoms with E-state index >= 15 is 0 Å². The molecule has 0 saturated heterocycles. The SMILES string of the molecule is O=C(O)c1cc(O)c(I)c(O)c1. The summed E-state index contributed by atoms with van der Waals surface area (Å²) in [6.07, 6.45) is 0. The van der Waals surface area contributed by atoms with Crippen molar-refractivity contribution in [2.24, 2.45) is 0 Å². The third-order valence-corrected chi connectivity index (χ3v) is 2.39. The second-order valence-electron chi connectivity index (χ2n) is 2.13. The Labute approximate surface area is 81.6 Å². The van der Waals surface area contributed by atoms with Gasteiger partial charge in [0.25, 0.3) is 0 Å². The van der Waals surface area contributed by atoms with Gasteiger partial charge in [0, 0.05) is 0 Å². The van der Waals surface area contributed by atoms with Gasteiger partial charge in [0.05, 0.1) is 9.13 Å². The number of rotatable bonds is 1. The largest absolute Gasteiger partial charge is 0.507 e. The fraction of sp³-hybridized carbons (Fsp3) is 0. The van der Waals surface area contributed by atoms with Crippen LogP contribution in [0.3, 0.4) is 0 Å². The van der Waals surface area contributed by atoms with E-state index in [1.54, 1.807) is 22.6 Å². The zero-order valence-corrected chi connectivity index (χ0v) is 7.94. The quantitative estimate of drug-likeness (QED) is 0.679. The highest BCUT2D eigenvalue weighted by Crippen LogP contribution is 2.29. The minimum Gasteiger partial charge on any atom is -0.507 e. The van der Waals surface area contributed by atoms with E-state index in [0.717, 1.165) is 12.1 Å². The van der Waals surface area contributed by atoms with E-state index in [2.05, 4.69) is 0 Å². The van der Waals surface area contributed by atoms with Crippen molar-refractivity contribution in [2.45, 2.75) is 0 Å². The maximum atomic E-state index is 10.4. The van der Waals surface area contributed by atoms with Gasteiger partial charge in [-0.2, -0.15) is 0 Å². The molecule has 0 radical (unpaired) electrons. The minimum atomic E-state index is -1.18. The normalized spacial score (nSPS) is 9.75. The third kappa shape index (κ3) is 1.60. The van der Waals surface area contributed by atoms with E-state index < -0.39 is 5.97 Å². The molecule has 0 aliphatic rings. The number of phenols is 2. The van der Waals surface area contributed by atoms with Crippen molar-refractivity contribution in [1.29, 1.82) is 0 Å². The molecule has 0 aliphatic carbocycles. The molecule has 0 atom stereocenters. The molecular formula is C7H5IO4. The number of hydrogen-bond donors (Lipinski definition) is 3. The van der Waals surface area contributed by atoms with E-state index in [1.807, 2.05) is 0 Å². The molecule has 12 heavy (non-hydrogen) atoms. The average molecular weight is 280 g/mol. The topological polar surface area (TPSA) is 77.8 Å². The molecule has 5 heteroatoms. The molecule has 1 aromatic rings. The predicted molar refractivity (Wildman–Crippen MR) is 49.4 cm³/mol. The number of carboxylic acid groups (broad SMARTS) is 1. The fourth-order valence-electron chi connectivity index (χ4n) is 0.718. The summed E-state index contributed by atoms with van der Waals surface area (Å²) in [4.78, 5) is 10.4. The van der Waals surface area contributed by atoms with Crippen molar-refractivity contribution in [3.63, 3.8) is 0 Å². The van der Waals surface area contributed by atoms with Crippen LogP contribution in [0.2, 0.25) is 0 Å². The Morgan fingerprint density at radius 1 is 1.25 bits per heavy atom. The maximum absolute atomic E-state index is 10.4. The zero-order chi connectivity index (χ0) is 9.30. The van der Waals surface area contributed by atoms with Crippen molar-refractivity contribution < 1.29 is 20.1 Å². The number of aromatic hydroxyl groups is 2. The summed E-state index contributed by atoms with van der Waals surface area (Å²) >= 11 is 1.72. The van der Waals surface area contributed by atoms with Gasteiger partial charge in [0.15, 0.2) is 0 Å². The lowest BCUT2D eigenvalue weighted by molar-refractivity contribution is 0.0696. The van der Waals surface area contributed by atoms with Crippen molar-refractivity contribution in [3.05, 3.63) is 21.3 Å². The number of halogens is 1. The fourth-order valence-corrected chi connectivity index (χ4v) is 1.03. The highest BCUT2D eigenvalue weighted by Gasteiger charge is 2.10. The first-order valence-corrected chi connectivity index (χ1v) is 4.05. The summed E-state index contributed by atoms with van der Waals surface area (Å²) in [5.74, 6) is -1.64. The average Bonchev–Trinajstić information content (AvgIpc) is 1.99. The number of phenolic OH excluding ortho intramolecular Hbond substituents is 2. The number of benzene rings is 1. The Morgan fingerprint density at radius 2 is 1.67 bits per heavy atom. The van der Waals surface area contributed by atoms with Gasteiger partial charge in [0.2, 0.25) is 0 Å². The first-order valence-electron chi connectivity index (χ1n) is 2.97. The smallest absolute Gasteiger partial charge is 0.335 e. The van der Waals surface area contributed by atoms with Gasteiger partial charge in [-0.15, -0.1) is 0 Å². The van der Waals surface area contributed by atoms with Gasteiger partial charge >= 0.3 is 5.97 Å². The van der Waals surface area contributed by atoms with Crippen LogP contribution in [0.4, 0.5) is 0 Å². The molecule has 1 rings (SSSR count). The molecule has 0 saturated carbocycles. The molecule has 0 amide bonds. The molecule has 1 aromatic carbocycles. The monoisotopic (exact) mass is 280 g/mol. The van der Waals surface area contributed by atoms with Crippen molar-refractivity contribution in [2.75, 3.05) is 0 Å². The molecule has 0 bridgehead atoms. The third-order valence-electron chi connectivity index (χ3n) is 1.28. The van der Waals surface area contributed by atoms with E-state index in [-0.39, 0.29) is 20.6 Å². The highest BCUT2D eigenvalue weighted by atomic mass is 127. The molecule has 0 aliphatic heterocycles. The summed E-state index contributed by atoms with van der Waals surface area (Å²) in [7, 11) is 0. The Hall–Kier alpha value is -0.980. The molecule has 0 heterocycles. The van der Waals surface area contributed by atoms with E-state index in [0.29, 0.717) is 0 Å². The molecule has 0 aromatic heterocycles. The van der Waals surface area contributed by atoms with Crippen LogP contribution in [-0.2, 0) is 0 Å². The Kier molecular flexibility index (Phi) is 2.41. The lowest BCUT2D eigenvalue weighted by atomic mass is 10.2. The first-order chi connectivity index (χ1) is 5.52. The van der Waals surface area contributed by atoms with Crippen molar-refractivity contribution in [1.82, 2.24) is 0 Å². The van der Waals surface area contributed by atoms with Crippen LogP contribution < -0.4 is 0 Å². The lowest BCUT2D eigenvalue weighted by Gasteiger charge is -2.01. The van der Waals surface area contributed by atoms with Crippen LogP contribution in [0.1, 0.15) is 10.4 Å². The highest BCUT2D eigenvalue weighted by molar-refractivity contribution is 14.1. The standard InChI is InChI=1S/C7H5IO4/c8-6-4(9)1-3(7(11)12)2-5(6)10/h1-2,9-10H,(H,11,12). The zero-order valence-electron chi connectivity index (χ0n) is 5.78. The van der Waals surface area contributed by atoms with Crippen LogP contribution in [0.25, 0.3) is 0 Å². The van der Waals surface area contributed by atoms with Crippen LogP contribution >= 0.6 is 22.6 Å². The van der Waals surface area contributed by atoms with E-state index in [9.17, 15) is 4.79 Å². The van der Waals surface area contributed by atoms with Crippen LogP contribution in [0.5, 0.6) is 11.5 Å². The van der Waals surface area contributed by atoms with E-state index in [1.165, 1.54) is 0 Å². The lowest BCUT2D eigenvalue weighted by Crippen LogP contribution is -1.95. The second kappa shape index (κ2) is 3.18. The molecular weight excluding hydrogens is 275 g/mol.